The Morgan fingerprint density at radius 3 is 2.39 bits per heavy atom. The molecule has 4 heteroatoms. The maximum atomic E-state index is 6.26. The molecule has 96 valence electrons. The van der Waals surface area contributed by atoms with E-state index in [0.717, 1.165) is 17.8 Å². The number of nitrogens with zero attached hydrogens (tertiary/aromatic N) is 2. The van der Waals surface area contributed by atoms with Crippen molar-refractivity contribution in [2.24, 2.45) is 5.41 Å². The van der Waals surface area contributed by atoms with Gasteiger partial charge in [-0.05, 0) is 24.0 Å². The van der Waals surface area contributed by atoms with Crippen molar-refractivity contribution in [3.63, 3.8) is 0 Å². The van der Waals surface area contributed by atoms with E-state index >= 15 is 0 Å². The minimum atomic E-state index is 0.131. The fourth-order valence-corrected chi connectivity index (χ4v) is 2.03. The Balaban J connectivity index is 2.43. The number of benzene rings is 1. The lowest BCUT2D eigenvalue weighted by Crippen LogP contribution is -2.10. The molecule has 3 nitrogen and oxygen atoms in total. The number of para-hydroxylation sites is 1. The van der Waals surface area contributed by atoms with Gasteiger partial charge in [0.15, 0.2) is 0 Å². The normalized spacial score (nSPS) is 11.8. The zero-order valence-corrected chi connectivity index (χ0v) is 11.7. The number of anilines is 1. The average Bonchev–Trinajstić information content (AvgIpc) is 2.57. The van der Waals surface area contributed by atoms with Crippen LogP contribution in [-0.4, -0.2) is 9.78 Å². The molecular weight excluding hydrogens is 246 g/mol. The lowest BCUT2D eigenvalue weighted by molar-refractivity contribution is 0.405. The van der Waals surface area contributed by atoms with Crippen molar-refractivity contribution in [3.05, 3.63) is 41.0 Å². The van der Waals surface area contributed by atoms with Gasteiger partial charge in [0.05, 0.1) is 11.4 Å². The fourth-order valence-electron chi connectivity index (χ4n) is 1.84. The van der Waals surface area contributed by atoms with Crippen molar-refractivity contribution in [2.75, 3.05) is 5.73 Å². The number of hydrogen-bond acceptors (Lipinski definition) is 2. The Labute approximate surface area is 113 Å². The first-order chi connectivity index (χ1) is 8.38. The van der Waals surface area contributed by atoms with Crippen LogP contribution >= 0.6 is 11.6 Å². The van der Waals surface area contributed by atoms with Crippen LogP contribution in [0.4, 0.5) is 5.82 Å². The van der Waals surface area contributed by atoms with Gasteiger partial charge < -0.3 is 5.73 Å². The molecule has 1 heterocycles. The van der Waals surface area contributed by atoms with Crippen molar-refractivity contribution in [1.82, 2.24) is 9.78 Å². The number of rotatable bonds is 2. The molecule has 0 spiro atoms. The third-order valence-corrected chi connectivity index (χ3v) is 3.04. The van der Waals surface area contributed by atoms with Crippen LogP contribution in [0.2, 0.25) is 5.02 Å². The molecule has 0 saturated carbocycles. The van der Waals surface area contributed by atoms with Crippen LogP contribution in [0.15, 0.2) is 30.3 Å². The smallest absolute Gasteiger partial charge is 0.146 e. The zero-order valence-electron chi connectivity index (χ0n) is 10.9. The summed E-state index contributed by atoms with van der Waals surface area (Å²) in [5.41, 5.74) is 7.93. The maximum absolute atomic E-state index is 6.26. The van der Waals surface area contributed by atoms with Gasteiger partial charge in [0.2, 0.25) is 0 Å². The van der Waals surface area contributed by atoms with Gasteiger partial charge in [0, 0.05) is 0 Å². The largest absolute Gasteiger partial charge is 0.382 e. The lowest BCUT2D eigenvalue weighted by atomic mass is 9.91. The molecule has 1 aromatic heterocycles. The van der Waals surface area contributed by atoms with Gasteiger partial charge >= 0.3 is 0 Å². The summed E-state index contributed by atoms with van der Waals surface area (Å²) < 4.78 is 1.70. The Morgan fingerprint density at radius 1 is 1.22 bits per heavy atom. The third-order valence-electron chi connectivity index (χ3n) is 2.63. The summed E-state index contributed by atoms with van der Waals surface area (Å²) in [5.74, 6) is 0.502. The van der Waals surface area contributed by atoms with E-state index in [1.54, 1.807) is 4.68 Å². The molecule has 0 unspecified atom stereocenters. The van der Waals surface area contributed by atoms with Crippen LogP contribution in [0.1, 0.15) is 26.5 Å². The number of aromatic nitrogens is 2. The summed E-state index contributed by atoms with van der Waals surface area (Å²) in [4.78, 5) is 0. The van der Waals surface area contributed by atoms with Crippen LogP contribution in [0.25, 0.3) is 5.69 Å². The second-order valence-electron chi connectivity index (χ2n) is 5.63. The SMILES string of the molecule is CC(C)(C)Cc1nn(-c2ccccc2)c(N)c1Cl. The van der Waals surface area contributed by atoms with E-state index < -0.39 is 0 Å². The van der Waals surface area contributed by atoms with Gasteiger partial charge in [-0.1, -0.05) is 50.6 Å². The van der Waals surface area contributed by atoms with E-state index in [-0.39, 0.29) is 5.41 Å². The summed E-state index contributed by atoms with van der Waals surface area (Å²) in [5, 5.41) is 5.09. The van der Waals surface area contributed by atoms with Crippen molar-refractivity contribution in [1.29, 1.82) is 0 Å². The quantitative estimate of drug-likeness (QED) is 0.898. The van der Waals surface area contributed by atoms with Crippen molar-refractivity contribution in [3.8, 4) is 5.69 Å². The standard InChI is InChI=1S/C14H18ClN3/c1-14(2,3)9-11-12(15)13(16)18(17-11)10-7-5-4-6-8-10/h4-8H,9,16H2,1-3H3. The Bertz CT molecular complexity index is 538. The molecule has 0 bridgehead atoms. The fraction of sp³-hybridized carbons (Fsp3) is 0.357. The van der Waals surface area contributed by atoms with E-state index in [9.17, 15) is 0 Å². The van der Waals surface area contributed by atoms with E-state index in [1.807, 2.05) is 30.3 Å². The van der Waals surface area contributed by atoms with Gasteiger partial charge in [-0.15, -0.1) is 0 Å². The molecule has 0 fully saturated rings. The second kappa shape index (κ2) is 4.65. The summed E-state index contributed by atoms with van der Waals surface area (Å²) in [6.45, 7) is 6.46. The van der Waals surface area contributed by atoms with E-state index in [2.05, 4.69) is 25.9 Å². The molecule has 0 saturated heterocycles. The van der Waals surface area contributed by atoms with E-state index in [4.69, 9.17) is 17.3 Å². The summed E-state index contributed by atoms with van der Waals surface area (Å²) in [6.07, 6.45) is 0.801. The molecule has 0 radical (unpaired) electrons. The van der Waals surface area contributed by atoms with Crippen LogP contribution in [0.3, 0.4) is 0 Å². The van der Waals surface area contributed by atoms with Gasteiger partial charge in [-0.25, -0.2) is 4.68 Å². The van der Waals surface area contributed by atoms with Crippen LogP contribution < -0.4 is 5.73 Å². The highest BCUT2D eigenvalue weighted by molar-refractivity contribution is 6.33. The Morgan fingerprint density at radius 2 is 1.83 bits per heavy atom. The molecule has 0 aliphatic rings. The molecule has 0 aliphatic heterocycles. The topological polar surface area (TPSA) is 43.8 Å². The first kappa shape index (κ1) is 13.0. The lowest BCUT2D eigenvalue weighted by Gasteiger charge is -2.16. The van der Waals surface area contributed by atoms with Gasteiger partial charge in [0.1, 0.15) is 10.8 Å². The van der Waals surface area contributed by atoms with Gasteiger partial charge in [-0.2, -0.15) is 5.10 Å². The molecule has 1 aromatic carbocycles. The predicted molar refractivity (Wildman–Crippen MR) is 76.1 cm³/mol. The third kappa shape index (κ3) is 2.67. The number of halogens is 1. The molecule has 18 heavy (non-hydrogen) atoms. The number of nitrogen functional groups attached to an aromatic ring is 1. The highest BCUT2D eigenvalue weighted by Gasteiger charge is 2.20. The average molecular weight is 264 g/mol. The minimum Gasteiger partial charge on any atom is -0.382 e. The predicted octanol–water partition coefficient (Wildman–Crippen LogP) is 3.70. The summed E-state index contributed by atoms with van der Waals surface area (Å²) in [7, 11) is 0. The van der Waals surface area contributed by atoms with Crippen molar-refractivity contribution < 1.29 is 0 Å². The highest BCUT2D eigenvalue weighted by Crippen LogP contribution is 2.30. The molecule has 2 rings (SSSR count). The minimum absolute atomic E-state index is 0.131. The number of nitrogens with two attached hydrogens (primary N) is 1. The molecule has 0 aliphatic carbocycles. The number of hydrogen-bond donors (Lipinski definition) is 1. The van der Waals surface area contributed by atoms with E-state index in [0.29, 0.717) is 10.8 Å². The molecule has 2 N–H and O–H groups in total. The molecule has 0 atom stereocenters. The zero-order chi connectivity index (χ0) is 13.3. The first-order valence-corrected chi connectivity index (χ1v) is 6.34. The van der Waals surface area contributed by atoms with Crippen molar-refractivity contribution >= 4 is 17.4 Å². The van der Waals surface area contributed by atoms with Crippen LogP contribution in [0, 0.1) is 5.41 Å². The Hall–Kier alpha value is -1.48. The maximum Gasteiger partial charge on any atom is 0.146 e. The van der Waals surface area contributed by atoms with Crippen LogP contribution in [-0.2, 0) is 6.42 Å². The summed E-state index contributed by atoms with van der Waals surface area (Å²) in [6, 6.07) is 9.78. The molecule has 0 amide bonds. The first-order valence-electron chi connectivity index (χ1n) is 5.97. The van der Waals surface area contributed by atoms with Gasteiger partial charge in [0.25, 0.3) is 0 Å². The highest BCUT2D eigenvalue weighted by atomic mass is 35.5. The molecule has 2 aromatic rings. The summed E-state index contributed by atoms with van der Waals surface area (Å²) >= 11 is 6.26. The van der Waals surface area contributed by atoms with Crippen LogP contribution in [0.5, 0.6) is 0 Å². The van der Waals surface area contributed by atoms with E-state index in [1.165, 1.54) is 0 Å². The van der Waals surface area contributed by atoms with Crippen molar-refractivity contribution in [2.45, 2.75) is 27.2 Å². The second-order valence-corrected chi connectivity index (χ2v) is 6.01. The monoisotopic (exact) mass is 263 g/mol. The molecular formula is C14H18ClN3. The van der Waals surface area contributed by atoms with Gasteiger partial charge in [-0.3, -0.25) is 0 Å². The Kier molecular flexibility index (Phi) is 3.35.